The number of halogens is 2. The van der Waals surface area contributed by atoms with E-state index >= 15 is 0 Å². The van der Waals surface area contributed by atoms with Gasteiger partial charge in [-0.05, 0) is 24.1 Å². The molecule has 0 amide bonds. The van der Waals surface area contributed by atoms with Crippen LogP contribution < -0.4 is 5.32 Å². The van der Waals surface area contributed by atoms with E-state index in [1.165, 1.54) is 17.4 Å². The Morgan fingerprint density at radius 2 is 2.22 bits per heavy atom. The molecule has 96 valence electrons. The zero-order valence-electron chi connectivity index (χ0n) is 10.2. The van der Waals surface area contributed by atoms with Crippen molar-refractivity contribution in [1.29, 1.82) is 0 Å². The van der Waals surface area contributed by atoms with Gasteiger partial charge in [0, 0.05) is 22.0 Å². The van der Waals surface area contributed by atoms with Crippen LogP contribution in [0.4, 0.5) is 9.52 Å². The van der Waals surface area contributed by atoms with Gasteiger partial charge in [-0.1, -0.05) is 29.8 Å². The number of hydrogen-bond acceptors (Lipinski definition) is 3. The average molecular weight is 329 g/mol. The zero-order chi connectivity index (χ0) is 13.1. The molecular formula is C13H14BrFN2S. The van der Waals surface area contributed by atoms with E-state index in [9.17, 15) is 4.39 Å². The summed E-state index contributed by atoms with van der Waals surface area (Å²) in [4.78, 5) is 4.40. The summed E-state index contributed by atoms with van der Waals surface area (Å²) < 4.78 is 14.6. The maximum absolute atomic E-state index is 13.7. The van der Waals surface area contributed by atoms with Crippen LogP contribution in [-0.2, 0) is 0 Å². The third-order valence-electron chi connectivity index (χ3n) is 2.37. The minimum atomic E-state index is -0.251. The summed E-state index contributed by atoms with van der Waals surface area (Å²) in [6.45, 7) is 5.14. The summed E-state index contributed by atoms with van der Waals surface area (Å²) in [6.07, 6.45) is 0. The topological polar surface area (TPSA) is 24.9 Å². The lowest BCUT2D eigenvalue weighted by molar-refractivity contribution is 0.630. The molecule has 5 heteroatoms. The Balaban J connectivity index is 2.21. The van der Waals surface area contributed by atoms with E-state index < -0.39 is 0 Å². The minimum Gasteiger partial charge on any atom is -0.361 e. The first kappa shape index (κ1) is 13.5. The molecule has 2 nitrogen and oxygen atoms in total. The van der Waals surface area contributed by atoms with Crippen LogP contribution in [0, 0.1) is 11.7 Å². The normalized spacial score (nSPS) is 10.9. The molecule has 2 rings (SSSR count). The van der Waals surface area contributed by atoms with Crippen molar-refractivity contribution in [1.82, 2.24) is 4.98 Å². The standard InChI is InChI=1S/C13H14BrFN2S/c1-8(2)6-16-13-17-12(7-18-13)10-5-9(14)3-4-11(10)15/h3-5,7-8H,6H2,1-2H3,(H,16,17). The van der Waals surface area contributed by atoms with Crippen molar-refractivity contribution in [2.24, 2.45) is 5.92 Å². The van der Waals surface area contributed by atoms with Gasteiger partial charge in [0.2, 0.25) is 0 Å². The van der Waals surface area contributed by atoms with Gasteiger partial charge in [-0.15, -0.1) is 11.3 Å². The summed E-state index contributed by atoms with van der Waals surface area (Å²) in [5, 5.41) is 5.94. The van der Waals surface area contributed by atoms with Crippen molar-refractivity contribution >= 4 is 32.4 Å². The van der Waals surface area contributed by atoms with E-state index in [2.05, 4.69) is 40.1 Å². The second kappa shape index (κ2) is 5.80. The molecule has 1 aromatic heterocycles. The van der Waals surface area contributed by atoms with Crippen LogP contribution in [0.5, 0.6) is 0 Å². The Labute approximate surface area is 118 Å². The highest BCUT2D eigenvalue weighted by atomic mass is 79.9. The van der Waals surface area contributed by atoms with Crippen molar-refractivity contribution in [3.8, 4) is 11.3 Å². The highest BCUT2D eigenvalue weighted by Crippen LogP contribution is 2.29. The molecule has 1 N–H and O–H groups in total. The lowest BCUT2D eigenvalue weighted by Gasteiger charge is -2.04. The molecule has 0 aliphatic heterocycles. The van der Waals surface area contributed by atoms with Gasteiger partial charge in [0.25, 0.3) is 0 Å². The van der Waals surface area contributed by atoms with Crippen LogP contribution in [0.25, 0.3) is 11.3 Å². The lowest BCUT2D eigenvalue weighted by Crippen LogP contribution is -2.07. The van der Waals surface area contributed by atoms with Gasteiger partial charge in [0.05, 0.1) is 5.69 Å². The summed E-state index contributed by atoms with van der Waals surface area (Å²) in [5.41, 5.74) is 1.20. The maximum Gasteiger partial charge on any atom is 0.183 e. The number of hydrogen-bond donors (Lipinski definition) is 1. The van der Waals surface area contributed by atoms with Crippen molar-refractivity contribution < 1.29 is 4.39 Å². The largest absolute Gasteiger partial charge is 0.361 e. The Morgan fingerprint density at radius 1 is 1.44 bits per heavy atom. The van der Waals surface area contributed by atoms with Gasteiger partial charge in [-0.3, -0.25) is 0 Å². The third-order valence-corrected chi connectivity index (χ3v) is 3.66. The van der Waals surface area contributed by atoms with E-state index in [1.807, 2.05) is 5.38 Å². The number of nitrogens with one attached hydrogen (secondary N) is 1. The van der Waals surface area contributed by atoms with E-state index in [1.54, 1.807) is 12.1 Å². The smallest absolute Gasteiger partial charge is 0.183 e. The number of thiazole rings is 1. The van der Waals surface area contributed by atoms with Crippen molar-refractivity contribution in [3.05, 3.63) is 33.9 Å². The fourth-order valence-electron chi connectivity index (χ4n) is 1.46. The second-order valence-electron chi connectivity index (χ2n) is 4.44. The van der Waals surface area contributed by atoms with Crippen LogP contribution in [-0.4, -0.2) is 11.5 Å². The Bertz CT molecular complexity index is 540. The first-order valence-corrected chi connectivity index (χ1v) is 7.38. The summed E-state index contributed by atoms with van der Waals surface area (Å²) in [5.74, 6) is 0.305. The first-order chi connectivity index (χ1) is 8.56. The summed E-state index contributed by atoms with van der Waals surface area (Å²) in [7, 11) is 0. The predicted molar refractivity (Wildman–Crippen MR) is 78.5 cm³/mol. The number of aromatic nitrogens is 1. The Kier molecular flexibility index (Phi) is 4.35. The van der Waals surface area contributed by atoms with Crippen LogP contribution in [0.1, 0.15) is 13.8 Å². The first-order valence-electron chi connectivity index (χ1n) is 5.71. The number of anilines is 1. The Hall–Kier alpha value is -0.940. The van der Waals surface area contributed by atoms with Crippen molar-refractivity contribution in [3.63, 3.8) is 0 Å². The van der Waals surface area contributed by atoms with Crippen LogP contribution in [0.15, 0.2) is 28.1 Å². The van der Waals surface area contributed by atoms with Gasteiger partial charge in [-0.2, -0.15) is 0 Å². The molecule has 0 unspecified atom stereocenters. The average Bonchev–Trinajstić information content (AvgIpc) is 2.78. The van der Waals surface area contributed by atoms with Gasteiger partial charge in [0.15, 0.2) is 5.13 Å². The highest BCUT2D eigenvalue weighted by molar-refractivity contribution is 9.10. The molecular weight excluding hydrogens is 315 g/mol. The summed E-state index contributed by atoms with van der Waals surface area (Å²) in [6, 6.07) is 4.87. The molecule has 0 saturated heterocycles. The van der Waals surface area contributed by atoms with Crippen molar-refractivity contribution in [2.75, 3.05) is 11.9 Å². The fourth-order valence-corrected chi connectivity index (χ4v) is 2.55. The van der Waals surface area contributed by atoms with Gasteiger partial charge in [-0.25, -0.2) is 9.37 Å². The van der Waals surface area contributed by atoms with E-state index in [4.69, 9.17) is 0 Å². The zero-order valence-corrected chi connectivity index (χ0v) is 12.6. The molecule has 0 fully saturated rings. The van der Waals surface area contributed by atoms with Gasteiger partial charge in [0.1, 0.15) is 5.82 Å². The molecule has 0 saturated carbocycles. The molecule has 0 radical (unpaired) electrons. The number of nitrogens with zero attached hydrogens (tertiary/aromatic N) is 1. The second-order valence-corrected chi connectivity index (χ2v) is 6.21. The quantitative estimate of drug-likeness (QED) is 0.873. The van der Waals surface area contributed by atoms with Gasteiger partial charge < -0.3 is 5.32 Å². The predicted octanol–water partition coefficient (Wildman–Crippen LogP) is 4.78. The Morgan fingerprint density at radius 3 is 2.94 bits per heavy atom. The third kappa shape index (κ3) is 3.29. The monoisotopic (exact) mass is 328 g/mol. The number of rotatable bonds is 4. The van der Waals surface area contributed by atoms with Gasteiger partial charge >= 0.3 is 0 Å². The SMILES string of the molecule is CC(C)CNc1nc(-c2cc(Br)ccc2F)cs1. The molecule has 2 aromatic rings. The molecule has 1 aromatic carbocycles. The molecule has 0 spiro atoms. The minimum absolute atomic E-state index is 0.251. The number of benzene rings is 1. The van der Waals surface area contributed by atoms with E-state index in [0.717, 1.165) is 16.1 Å². The van der Waals surface area contributed by atoms with Crippen molar-refractivity contribution in [2.45, 2.75) is 13.8 Å². The molecule has 1 heterocycles. The molecule has 0 aliphatic rings. The molecule has 18 heavy (non-hydrogen) atoms. The lowest BCUT2D eigenvalue weighted by atomic mass is 10.2. The molecule has 0 bridgehead atoms. The highest BCUT2D eigenvalue weighted by Gasteiger charge is 2.10. The van der Waals surface area contributed by atoms with E-state index in [0.29, 0.717) is 17.2 Å². The molecule has 0 atom stereocenters. The molecule has 0 aliphatic carbocycles. The van der Waals surface area contributed by atoms with E-state index in [-0.39, 0.29) is 5.82 Å². The van der Waals surface area contributed by atoms with Crippen LogP contribution in [0.3, 0.4) is 0 Å². The van der Waals surface area contributed by atoms with Crippen LogP contribution in [0.2, 0.25) is 0 Å². The van der Waals surface area contributed by atoms with Crippen LogP contribution >= 0.6 is 27.3 Å². The fraction of sp³-hybridized carbons (Fsp3) is 0.308. The summed E-state index contributed by atoms with van der Waals surface area (Å²) >= 11 is 4.84. The maximum atomic E-state index is 13.7.